The van der Waals surface area contributed by atoms with Crippen LogP contribution in [0, 0.1) is 0 Å². The molecule has 0 aliphatic rings. The van der Waals surface area contributed by atoms with E-state index in [4.69, 9.17) is 14.2 Å². The first-order valence-electron chi connectivity index (χ1n) is 8.54. The van der Waals surface area contributed by atoms with Gasteiger partial charge in [0.1, 0.15) is 12.9 Å². The van der Waals surface area contributed by atoms with Gasteiger partial charge in [0.15, 0.2) is 22.1 Å². The van der Waals surface area contributed by atoms with Crippen LogP contribution in [-0.2, 0) is 17.6 Å². The van der Waals surface area contributed by atoms with Gasteiger partial charge < -0.3 is 24.1 Å². The first-order chi connectivity index (χ1) is 12.5. The minimum atomic E-state index is -1.07. The summed E-state index contributed by atoms with van der Waals surface area (Å²) >= 11 is -1.07. The van der Waals surface area contributed by atoms with E-state index in [2.05, 4.69) is 12.2 Å². The van der Waals surface area contributed by atoms with Crippen LogP contribution in [0.15, 0.2) is 47.4 Å². The molecule has 0 bridgehead atoms. The van der Waals surface area contributed by atoms with E-state index in [0.717, 1.165) is 34.9 Å². The van der Waals surface area contributed by atoms with Gasteiger partial charge in [-0.2, -0.15) is 0 Å². The first kappa shape index (κ1) is 20.4. The molecule has 0 aliphatic carbocycles. The molecule has 0 radical (unpaired) electrons. The summed E-state index contributed by atoms with van der Waals surface area (Å²) in [5, 5.41) is 3.44. The highest BCUT2D eigenvalue weighted by molar-refractivity contribution is 7.90. The molecule has 26 heavy (non-hydrogen) atoms. The second-order valence-electron chi connectivity index (χ2n) is 6.00. The largest absolute Gasteiger partial charge is 0.612 e. The molecular formula is C20H27NO4S. The molecule has 0 saturated heterocycles. The van der Waals surface area contributed by atoms with Gasteiger partial charge in [0.2, 0.25) is 0 Å². The molecular weight excluding hydrogens is 350 g/mol. The predicted octanol–water partition coefficient (Wildman–Crippen LogP) is 3.04. The third-order valence-electron chi connectivity index (χ3n) is 4.00. The van der Waals surface area contributed by atoms with Crippen LogP contribution in [-0.4, -0.2) is 44.2 Å². The van der Waals surface area contributed by atoms with Crippen molar-refractivity contribution in [1.29, 1.82) is 0 Å². The van der Waals surface area contributed by atoms with Crippen molar-refractivity contribution in [1.82, 2.24) is 5.32 Å². The van der Waals surface area contributed by atoms with Crippen LogP contribution in [0.5, 0.6) is 17.2 Å². The van der Waals surface area contributed by atoms with Gasteiger partial charge in [-0.3, -0.25) is 0 Å². The molecule has 0 spiro atoms. The highest BCUT2D eigenvalue weighted by atomic mass is 32.2. The van der Waals surface area contributed by atoms with Crippen molar-refractivity contribution in [2.75, 3.05) is 33.6 Å². The molecule has 0 amide bonds. The fourth-order valence-corrected chi connectivity index (χ4v) is 3.45. The summed E-state index contributed by atoms with van der Waals surface area (Å²) in [5.74, 6) is 2.15. The predicted molar refractivity (Wildman–Crippen MR) is 105 cm³/mol. The number of rotatable bonds is 10. The molecule has 2 atom stereocenters. The van der Waals surface area contributed by atoms with Crippen LogP contribution in [0.1, 0.15) is 12.5 Å². The average molecular weight is 378 g/mol. The lowest BCUT2D eigenvalue weighted by molar-refractivity contribution is 0.287. The van der Waals surface area contributed by atoms with Crippen LogP contribution >= 0.6 is 0 Å². The van der Waals surface area contributed by atoms with Crippen LogP contribution in [0.4, 0.5) is 0 Å². The Morgan fingerprint density at radius 1 is 1.04 bits per heavy atom. The highest BCUT2D eigenvalue weighted by Crippen LogP contribution is 2.26. The zero-order valence-corrected chi connectivity index (χ0v) is 16.6. The number of hydrogen-bond donors (Lipinski definition) is 1. The first-order valence-corrected chi connectivity index (χ1v) is 10.1. The quantitative estimate of drug-likeness (QED) is 0.509. The lowest BCUT2D eigenvalue weighted by atomic mass is 10.1. The van der Waals surface area contributed by atoms with Gasteiger partial charge in [-0.05, 0) is 48.3 Å². The standard InChI is InChI=1S/C20H27NO4S/c1-15(13-16-9-10-19(24-3)20(14-16)26(4)22)21-11-12-25-18-8-6-5-7-17(18)23-2/h5-10,14-15,21H,11-13H2,1-4H3. The van der Waals surface area contributed by atoms with E-state index in [1.807, 2.05) is 42.5 Å². The molecule has 2 aromatic rings. The number of para-hydroxylation sites is 2. The second-order valence-corrected chi connectivity index (χ2v) is 7.35. The molecule has 142 valence electrons. The van der Waals surface area contributed by atoms with Crippen LogP contribution in [0.25, 0.3) is 0 Å². The highest BCUT2D eigenvalue weighted by Gasteiger charge is 2.14. The minimum absolute atomic E-state index is 0.266. The molecule has 0 aromatic heterocycles. The van der Waals surface area contributed by atoms with Crippen molar-refractivity contribution >= 4 is 11.2 Å². The molecule has 2 unspecified atom stereocenters. The molecule has 2 rings (SSSR count). The Morgan fingerprint density at radius 3 is 2.38 bits per heavy atom. The van der Waals surface area contributed by atoms with Crippen LogP contribution in [0.2, 0.25) is 0 Å². The average Bonchev–Trinajstić information content (AvgIpc) is 2.65. The van der Waals surface area contributed by atoms with E-state index < -0.39 is 11.2 Å². The summed E-state index contributed by atoms with van der Waals surface area (Å²) in [6, 6.07) is 13.7. The van der Waals surface area contributed by atoms with Gasteiger partial charge in [0, 0.05) is 18.7 Å². The molecule has 0 aliphatic heterocycles. The fourth-order valence-electron chi connectivity index (χ4n) is 2.70. The molecule has 0 saturated carbocycles. The van der Waals surface area contributed by atoms with Crippen molar-refractivity contribution in [2.24, 2.45) is 0 Å². The Morgan fingerprint density at radius 2 is 1.73 bits per heavy atom. The van der Waals surface area contributed by atoms with Crippen molar-refractivity contribution < 1.29 is 18.8 Å². The number of ether oxygens (including phenoxy) is 3. The monoisotopic (exact) mass is 377 g/mol. The number of nitrogens with one attached hydrogen (secondary N) is 1. The molecule has 6 heteroatoms. The lowest BCUT2D eigenvalue weighted by Crippen LogP contribution is -2.31. The third-order valence-corrected chi connectivity index (χ3v) is 4.94. The van der Waals surface area contributed by atoms with Gasteiger partial charge in [0.05, 0.1) is 14.2 Å². The van der Waals surface area contributed by atoms with Gasteiger partial charge in [-0.25, -0.2) is 0 Å². The second kappa shape index (κ2) is 10.3. The van der Waals surface area contributed by atoms with E-state index in [-0.39, 0.29) is 6.04 Å². The smallest absolute Gasteiger partial charge is 0.194 e. The SMILES string of the molecule is COc1ccccc1OCCNC(C)Cc1ccc(OC)c([S+](C)[O-])c1. The van der Waals surface area contributed by atoms with Gasteiger partial charge in [-0.15, -0.1) is 0 Å². The minimum Gasteiger partial charge on any atom is -0.612 e. The summed E-state index contributed by atoms with van der Waals surface area (Å²) in [4.78, 5) is 0.733. The Bertz CT molecular complexity index is 693. The lowest BCUT2D eigenvalue weighted by Gasteiger charge is -2.16. The van der Waals surface area contributed by atoms with Crippen molar-refractivity contribution in [3.8, 4) is 17.2 Å². The van der Waals surface area contributed by atoms with Crippen molar-refractivity contribution in [3.63, 3.8) is 0 Å². The maximum Gasteiger partial charge on any atom is 0.194 e. The van der Waals surface area contributed by atoms with Gasteiger partial charge >= 0.3 is 0 Å². The topological polar surface area (TPSA) is 62.8 Å². The van der Waals surface area contributed by atoms with E-state index in [1.165, 1.54) is 0 Å². The Kier molecular flexibility index (Phi) is 8.09. The Labute approximate surface area is 158 Å². The Hall–Kier alpha value is -1.89. The zero-order valence-electron chi connectivity index (χ0n) is 15.8. The third kappa shape index (κ3) is 5.83. The fraction of sp³-hybridized carbons (Fsp3) is 0.400. The molecule has 5 nitrogen and oxygen atoms in total. The zero-order chi connectivity index (χ0) is 18.9. The summed E-state index contributed by atoms with van der Waals surface area (Å²) in [5.41, 5.74) is 1.13. The molecule has 1 N–H and O–H groups in total. The summed E-state index contributed by atoms with van der Waals surface area (Å²) in [7, 11) is 3.23. The van der Waals surface area contributed by atoms with E-state index >= 15 is 0 Å². The maximum absolute atomic E-state index is 11.8. The number of hydrogen-bond acceptors (Lipinski definition) is 5. The van der Waals surface area contributed by atoms with E-state index in [0.29, 0.717) is 12.4 Å². The Balaban J connectivity index is 1.82. The van der Waals surface area contributed by atoms with Gasteiger partial charge in [0.25, 0.3) is 0 Å². The van der Waals surface area contributed by atoms with Gasteiger partial charge in [-0.1, -0.05) is 18.2 Å². The summed E-state index contributed by atoms with van der Waals surface area (Å²) in [6.45, 7) is 3.40. The van der Waals surface area contributed by atoms with E-state index in [1.54, 1.807) is 20.5 Å². The van der Waals surface area contributed by atoms with Crippen molar-refractivity contribution in [3.05, 3.63) is 48.0 Å². The normalized spacial score (nSPS) is 13.1. The summed E-state index contributed by atoms with van der Waals surface area (Å²) < 4.78 is 28.2. The summed E-state index contributed by atoms with van der Waals surface area (Å²) in [6.07, 6.45) is 2.50. The van der Waals surface area contributed by atoms with E-state index in [9.17, 15) is 4.55 Å². The molecule has 0 fully saturated rings. The van der Waals surface area contributed by atoms with Crippen LogP contribution in [0.3, 0.4) is 0 Å². The maximum atomic E-state index is 11.8. The molecule has 0 heterocycles. The van der Waals surface area contributed by atoms with Crippen molar-refractivity contribution in [2.45, 2.75) is 24.3 Å². The van der Waals surface area contributed by atoms with Crippen LogP contribution < -0.4 is 19.5 Å². The molecule has 2 aromatic carbocycles. The number of methoxy groups -OCH3 is 2. The number of benzene rings is 2.